The van der Waals surface area contributed by atoms with Gasteiger partial charge in [0.2, 0.25) is 0 Å². The number of hydrogen-bond donors (Lipinski definition) is 1. The van der Waals surface area contributed by atoms with Crippen LogP contribution in [0.2, 0.25) is 0 Å². The minimum absolute atomic E-state index is 0.844. The van der Waals surface area contributed by atoms with Gasteiger partial charge >= 0.3 is 0 Å². The van der Waals surface area contributed by atoms with Gasteiger partial charge in [0.25, 0.3) is 0 Å². The average molecular weight is 242 g/mol. The third-order valence-corrected chi connectivity index (χ3v) is 3.82. The molecule has 0 aliphatic heterocycles. The van der Waals surface area contributed by atoms with Gasteiger partial charge in [0.05, 0.1) is 6.61 Å². The molecule has 1 N–H and O–H groups in total. The standard InChI is InChI=1S/C14H30N2O/c1-3-16(11-12-17-2)10-9-15-13-14-7-5-4-6-8-14/h14-15H,3-13H2,1-2H3. The summed E-state index contributed by atoms with van der Waals surface area (Å²) in [6, 6.07) is 0. The van der Waals surface area contributed by atoms with Crippen molar-refractivity contribution < 1.29 is 4.74 Å². The molecule has 3 nitrogen and oxygen atoms in total. The lowest BCUT2D eigenvalue weighted by molar-refractivity contribution is 0.151. The van der Waals surface area contributed by atoms with Crippen LogP contribution in [0, 0.1) is 5.92 Å². The molecule has 1 saturated carbocycles. The normalized spacial score (nSPS) is 17.8. The van der Waals surface area contributed by atoms with E-state index in [0.717, 1.165) is 38.7 Å². The summed E-state index contributed by atoms with van der Waals surface area (Å²) in [6.45, 7) is 8.72. The highest BCUT2D eigenvalue weighted by atomic mass is 16.5. The summed E-state index contributed by atoms with van der Waals surface area (Å²) in [7, 11) is 1.77. The SMILES string of the molecule is CCN(CCNCC1CCCCC1)CCOC. The fraction of sp³-hybridized carbons (Fsp3) is 1.00. The molecule has 0 spiro atoms. The van der Waals surface area contributed by atoms with Crippen molar-refractivity contribution in [3.8, 4) is 0 Å². The van der Waals surface area contributed by atoms with Gasteiger partial charge in [-0.1, -0.05) is 26.2 Å². The fourth-order valence-electron chi connectivity index (χ4n) is 2.58. The molecular weight excluding hydrogens is 212 g/mol. The number of likely N-dealkylation sites (N-methyl/N-ethyl adjacent to an activating group) is 1. The van der Waals surface area contributed by atoms with Gasteiger partial charge < -0.3 is 15.0 Å². The second kappa shape index (κ2) is 9.86. The van der Waals surface area contributed by atoms with Crippen LogP contribution in [-0.4, -0.2) is 51.3 Å². The molecule has 0 aromatic heterocycles. The van der Waals surface area contributed by atoms with Crippen LogP contribution >= 0.6 is 0 Å². The van der Waals surface area contributed by atoms with E-state index >= 15 is 0 Å². The van der Waals surface area contributed by atoms with E-state index in [1.165, 1.54) is 38.6 Å². The summed E-state index contributed by atoms with van der Waals surface area (Å²) in [4.78, 5) is 2.44. The van der Waals surface area contributed by atoms with Gasteiger partial charge in [-0.2, -0.15) is 0 Å². The number of hydrogen-bond acceptors (Lipinski definition) is 3. The predicted molar refractivity (Wildman–Crippen MR) is 73.4 cm³/mol. The highest BCUT2D eigenvalue weighted by Crippen LogP contribution is 2.22. The van der Waals surface area contributed by atoms with Crippen molar-refractivity contribution in [1.29, 1.82) is 0 Å². The van der Waals surface area contributed by atoms with Crippen LogP contribution in [0.3, 0.4) is 0 Å². The van der Waals surface area contributed by atoms with Gasteiger partial charge in [0, 0.05) is 26.7 Å². The molecular formula is C14H30N2O. The minimum Gasteiger partial charge on any atom is -0.383 e. The van der Waals surface area contributed by atoms with E-state index < -0.39 is 0 Å². The summed E-state index contributed by atoms with van der Waals surface area (Å²) in [5.74, 6) is 0.942. The molecule has 0 radical (unpaired) electrons. The van der Waals surface area contributed by atoms with Crippen molar-refractivity contribution in [2.75, 3.05) is 46.4 Å². The maximum absolute atomic E-state index is 5.11. The number of ether oxygens (including phenoxy) is 1. The van der Waals surface area contributed by atoms with E-state index in [1.54, 1.807) is 7.11 Å². The molecule has 0 amide bonds. The zero-order chi connectivity index (χ0) is 12.3. The van der Waals surface area contributed by atoms with Gasteiger partial charge in [-0.25, -0.2) is 0 Å². The number of nitrogens with zero attached hydrogens (tertiary/aromatic N) is 1. The Balaban J connectivity index is 1.97. The van der Waals surface area contributed by atoms with Gasteiger partial charge in [-0.05, 0) is 31.8 Å². The zero-order valence-electron chi connectivity index (χ0n) is 11.7. The smallest absolute Gasteiger partial charge is 0.0589 e. The molecule has 1 aliphatic rings. The van der Waals surface area contributed by atoms with Crippen LogP contribution < -0.4 is 5.32 Å². The van der Waals surface area contributed by atoms with E-state index in [9.17, 15) is 0 Å². The van der Waals surface area contributed by atoms with E-state index in [2.05, 4.69) is 17.1 Å². The molecule has 0 bridgehead atoms. The molecule has 0 saturated heterocycles. The van der Waals surface area contributed by atoms with Crippen molar-refractivity contribution in [2.45, 2.75) is 39.0 Å². The van der Waals surface area contributed by atoms with Crippen LogP contribution in [0.4, 0.5) is 0 Å². The first-order chi connectivity index (χ1) is 8.36. The Morgan fingerprint density at radius 1 is 1.18 bits per heavy atom. The minimum atomic E-state index is 0.844. The average Bonchev–Trinajstić information content (AvgIpc) is 2.39. The molecule has 0 aromatic carbocycles. The van der Waals surface area contributed by atoms with Crippen molar-refractivity contribution in [1.82, 2.24) is 10.2 Å². The van der Waals surface area contributed by atoms with Gasteiger partial charge in [-0.15, -0.1) is 0 Å². The molecule has 17 heavy (non-hydrogen) atoms. The molecule has 0 atom stereocenters. The topological polar surface area (TPSA) is 24.5 Å². The van der Waals surface area contributed by atoms with Crippen LogP contribution in [0.15, 0.2) is 0 Å². The van der Waals surface area contributed by atoms with Crippen LogP contribution in [0.1, 0.15) is 39.0 Å². The van der Waals surface area contributed by atoms with E-state index in [-0.39, 0.29) is 0 Å². The third-order valence-electron chi connectivity index (χ3n) is 3.82. The van der Waals surface area contributed by atoms with E-state index in [4.69, 9.17) is 4.74 Å². The first kappa shape index (κ1) is 14.9. The predicted octanol–water partition coefficient (Wildman–Crippen LogP) is 2.12. The van der Waals surface area contributed by atoms with Crippen molar-refractivity contribution in [2.24, 2.45) is 5.92 Å². The van der Waals surface area contributed by atoms with Crippen molar-refractivity contribution >= 4 is 0 Å². The monoisotopic (exact) mass is 242 g/mol. The highest BCUT2D eigenvalue weighted by Gasteiger charge is 2.12. The summed E-state index contributed by atoms with van der Waals surface area (Å²) >= 11 is 0. The molecule has 102 valence electrons. The Morgan fingerprint density at radius 2 is 1.94 bits per heavy atom. The molecule has 0 unspecified atom stereocenters. The van der Waals surface area contributed by atoms with E-state index in [0.29, 0.717) is 0 Å². The summed E-state index contributed by atoms with van der Waals surface area (Å²) in [6.07, 6.45) is 7.22. The molecule has 1 fully saturated rings. The lowest BCUT2D eigenvalue weighted by Crippen LogP contribution is -2.36. The Bertz CT molecular complexity index is 170. The lowest BCUT2D eigenvalue weighted by Gasteiger charge is -2.23. The molecule has 1 rings (SSSR count). The largest absolute Gasteiger partial charge is 0.383 e. The Morgan fingerprint density at radius 3 is 2.59 bits per heavy atom. The molecule has 3 heteroatoms. The molecule has 0 aromatic rings. The number of rotatable bonds is 9. The first-order valence-electron chi connectivity index (χ1n) is 7.28. The van der Waals surface area contributed by atoms with Gasteiger partial charge in [0.1, 0.15) is 0 Å². The summed E-state index contributed by atoms with van der Waals surface area (Å²) < 4.78 is 5.11. The second-order valence-corrected chi connectivity index (χ2v) is 5.14. The third kappa shape index (κ3) is 7.02. The first-order valence-corrected chi connectivity index (χ1v) is 7.28. The van der Waals surface area contributed by atoms with Crippen LogP contribution in [-0.2, 0) is 4.74 Å². The lowest BCUT2D eigenvalue weighted by atomic mass is 9.89. The Kier molecular flexibility index (Phi) is 8.67. The maximum atomic E-state index is 5.11. The Hall–Kier alpha value is -0.120. The summed E-state index contributed by atoms with van der Waals surface area (Å²) in [5, 5.41) is 3.61. The van der Waals surface area contributed by atoms with Crippen molar-refractivity contribution in [3.63, 3.8) is 0 Å². The van der Waals surface area contributed by atoms with Gasteiger partial charge in [0.15, 0.2) is 0 Å². The number of methoxy groups -OCH3 is 1. The zero-order valence-corrected chi connectivity index (χ0v) is 11.7. The van der Waals surface area contributed by atoms with E-state index in [1.807, 2.05) is 0 Å². The van der Waals surface area contributed by atoms with Gasteiger partial charge in [-0.3, -0.25) is 0 Å². The Labute approximate surface area is 107 Å². The van der Waals surface area contributed by atoms with Crippen LogP contribution in [0.25, 0.3) is 0 Å². The highest BCUT2D eigenvalue weighted by molar-refractivity contribution is 4.68. The quantitative estimate of drug-likeness (QED) is 0.627. The van der Waals surface area contributed by atoms with Crippen molar-refractivity contribution in [3.05, 3.63) is 0 Å². The molecule has 0 heterocycles. The van der Waals surface area contributed by atoms with Crippen LogP contribution in [0.5, 0.6) is 0 Å². The molecule has 1 aliphatic carbocycles. The summed E-state index contributed by atoms with van der Waals surface area (Å²) in [5.41, 5.74) is 0. The fourth-order valence-corrected chi connectivity index (χ4v) is 2.58. The second-order valence-electron chi connectivity index (χ2n) is 5.14. The number of nitrogens with one attached hydrogen (secondary N) is 1. The maximum Gasteiger partial charge on any atom is 0.0589 e.